The number of carbonyl (C=O) groups is 1. The highest BCUT2D eigenvalue weighted by molar-refractivity contribution is 6.01. The second kappa shape index (κ2) is 8.05. The lowest BCUT2D eigenvalue weighted by Crippen LogP contribution is -2.27. The van der Waals surface area contributed by atoms with Crippen LogP contribution in [0.4, 0.5) is 18.9 Å². The summed E-state index contributed by atoms with van der Waals surface area (Å²) < 4.78 is 40.3. The highest BCUT2D eigenvalue weighted by Gasteiger charge is 2.41. The topological polar surface area (TPSA) is 63.1 Å². The Bertz CT molecular complexity index is 1110. The van der Waals surface area contributed by atoms with Crippen LogP contribution in [0.2, 0.25) is 0 Å². The van der Waals surface area contributed by atoms with Crippen LogP contribution in [0.1, 0.15) is 39.9 Å². The van der Waals surface area contributed by atoms with Crippen LogP contribution in [0.15, 0.2) is 54.6 Å². The second-order valence-corrected chi connectivity index (χ2v) is 8.40. The van der Waals surface area contributed by atoms with Crippen LogP contribution in [-0.4, -0.2) is 38.7 Å². The first-order chi connectivity index (χ1) is 15.4. The van der Waals surface area contributed by atoms with Gasteiger partial charge >= 0.3 is 6.18 Å². The highest BCUT2D eigenvalue weighted by atomic mass is 19.4. The molecule has 2 aliphatic rings. The monoisotopic (exact) mass is 441 g/mol. The quantitative estimate of drug-likeness (QED) is 0.660. The van der Waals surface area contributed by atoms with Crippen molar-refractivity contribution >= 4 is 11.6 Å². The summed E-state index contributed by atoms with van der Waals surface area (Å²) >= 11 is 0. The Labute approximate surface area is 183 Å². The van der Waals surface area contributed by atoms with Crippen molar-refractivity contribution in [1.29, 1.82) is 0 Å². The number of hydrogen-bond donors (Lipinski definition) is 1. The zero-order valence-corrected chi connectivity index (χ0v) is 17.2. The van der Waals surface area contributed by atoms with E-state index < -0.39 is 11.7 Å². The Kier molecular flexibility index (Phi) is 5.21. The van der Waals surface area contributed by atoms with Gasteiger partial charge in [-0.05, 0) is 42.2 Å². The van der Waals surface area contributed by atoms with Crippen molar-refractivity contribution in [3.63, 3.8) is 0 Å². The molecule has 3 aromatic rings. The smallest absolute Gasteiger partial charge is 0.319 e. The highest BCUT2D eigenvalue weighted by Crippen LogP contribution is 2.39. The fourth-order valence-corrected chi connectivity index (χ4v) is 4.71. The Morgan fingerprint density at radius 2 is 1.78 bits per heavy atom. The molecule has 3 heterocycles. The third-order valence-electron chi connectivity index (χ3n) is 6.27. The molecular weight excluding hydrogens is 419 g/mol. The third kappa shape index (κ3) is 4.00. The van der Waals surface area contributed by atoms with Gasteiger partial charge < -0.3 is 9.88 Å². The number of benzene rings is 2. The van der Waals surface area contributed by atoms with Gasteiger partial charge in [-0.3, -0.25) is 9.69 Å². The summed E-state index contributed by atoms with van der Waals surface area (Å²) in [6, 6.07) is 14.6. The number of hydrogen-bond acceptors (Lipinski definition) is 4. The van der Waals surface area contributed by atoms with Gasteiger partial charge in [0.1, 0.15) is 5.82 Å². The molecule has 0 aliphatic carbocycles. The number of nitrogens with zero attached hydrogens (tertiary/aromatic N) is 4. The van der Waals surface area contributed by atoms with Crippen molar-refractivity contribution in [2.75, 3.05) is 18.4 Å². The molecule has 2 aliphatic heterocycles. The maximum absolute atomic E-state index is 12.8. The van der Waals surface area contributed by atoms with E-state index in [1.165, 1.54) is 0 Å². The van der Waals surface area contributed by atoms with E-state index in [1.54, 1.807) is 12.1 Å². The van der Waals surface area contributed by atoms with Crippen molar-refractivity contribution in [1.82, 2.24) is 19.7 Å². The van der Waals surface area contributed by atoms with Crippen LogP contribution < -0.4 is 5.32 Å². The number of fused-ring (bicyclic) bond motifs is 3. The van der Waals surface area contributed by atoms with E-state index >= 15 is 0 Å². The molecule has 166 valence electrons. The van der Waals surface area contributed by atoms with Gasteiger partial charge in [-0.25, -0.2) is 0 Å². The summed E-state index contributed by atoms with van der Waals surface area (Å²) in [5.74, 6) is 1.39. The SMILES string of the molecule is O=C(Nc1ccccc1)c1nnc2n1CC[C@H]1CN(Cc3ccc(C(F)(F)F)cc3)C[C@@H]21. The van der Waals surface area contributed by atoms with Crippen molar-refractivity contribution in [2.45, 2.75) is 31.6 Å². The second-order valence-electron chi connectivity index (χ2n) is 8.40. The molecule has 1 fully saturated rings. The molecule has 1 N–H and O–H groups in total. The number of amides is 1. The molecule has 1 aromatic heterocycles. The summed E-state index contributed by atoms with van der Waals surface area (Å²) in [7, 11) is 0. The molecule has 0 saturated carbocycles. The third-order valence-corrected chi connectivity index (χ3v) is 6.27. The van der Waals surface area contributed by atoms with Gasteiger partial charge in [0.15, 0.2) is 0 Å². The fourth-order valence-electron chi connectivity index (χ4n) is 4.71. The van der Waals surface area contributed by atoms with Crippen LogP contribution in [0, 0.1) is 5.92 Å². The number of nitrogens with one attached hydrogen (secondary N) is 1. The normalized spacial score (nSPS) is 20.6. The maximum atomic E-state index is 12.8. The van der Waals surface area contributed by atoms with Gasteiger partial charge in [0.05, 0.1) is 5.56 Å². The van der Waals surface area contributed by atoms with Crippen molar-refractivity contribution in [3.05, 3.63) is 77.4 Å². The van der Waals surface area contributed by atoms with Gasteiger partial charge in [0.25, 0.3) is 5.91 Å². The standard InChI is InChI=1S/C23H22F3N5O/c24-23(25,26)17-8-6-15(7-9-17)12-30-13-16-10-11-31-20(19(16)14-30)28-29-21(31)22(32)27-18-4-2-1-3-5-18/h1-9,16,19H,10-14H2,(H,27,32)/t16-,19+/m0/s1. The first-order valence-corrected chi connectivity index (χ1v) is 10.6. The van der Waals surface area contributed by atoms with E-state index in [2.05, 4.69) is 20.4 Å². The summed E-state index contributed by atoms with van der Waals surface area (Å²) in [5.41, 5.74) is 0.916. The van der Waals surface area contributed by atoms with Crippen LogP contribution in [-0.2, 0) is 19.3 Å². The fraction of sp³-hybridized carbons (Fsp3) is 0.348. The van der Waals surface area contributed by atoms with Crippen LogP contribution >= 0.6 is 0 Å². The van der Waals surface area contributed by atoms with E-state index in [4.69, 9.17) is 0 Å². The molecule has 9 heteroatoms. The number of carbonyl (C=O) groups excluding carboxylic acids is 1. The van der Waals surface area contributed by atoms with Crippen LogP contribution in [0.25, 0.3) is 0 Å². The molecule has 1 amide bonds. The summed E-state index contributed by atoms with van der Waals surface area (Å²) in [5, 5.41) is 11.4. The van der Waals surface area contributed by atoms with Crippen LogP contribution in [0.5, 0.6) is 0 Å². The largest absolute Gasteiger partial charge is 0.416 e. The number of anilines is 1. The molecular formula is C23H22F3N5O. The zero-order valence-electron chi connectivity index (χ0n) is 17.2. The number of para-hydroxylation sites is 1. The lowest BCUT2D eigenvalue weighted by atomic mass is 9.89. The summed E-state index contributed by atoms with van der Waals surface area (Å²) in [6.07, 6.45) is -3.42. The van der Waals surface area contributed by atoms with Crippen LogP contribution in [0.3, 0.4) is 0 Å². The number of alkyl halides is 3. The molecule has 5 rings (SSSR count). The molecule has 0 bridgehead atoms. The number of rotatable bonds is 4. The predicted molar refractivity (Wildman–Crippen MR) is 112 cm³/mol. The van der Waals surface area contributed by atoms with E-state index in [0.717, 1.165) is 43.0 Å². The minimum absolute atomic E-state index is 0.156. The summed E-state index contributed by atoms with van der Waals surface area (Å²) in [4.78, 5) is 15.0. The van der Waals surface area contributed by atoms with Gasteiger partial charge in [0.2, 0.25) is 5.82 Å². The number of aromatic nitrogens is 3. The maximum Gasteiger partial charge on any atom is 0.416 e. The van der Waals surface area contributed by atoms with Crippen molar-refractivity contribution in [3.8, 4) is 0 Å². The van der Waals surface area contributed by atoms with E-state index in [-0.39, 0.29) is 11.8 Å². The van der Waals surface area contributed by atoms with Crippen molar-refractivity contribution in [2.24, 2.45) is 5.92 Å². The van der Waals surface area contributed by atoms with Crippen molar-refractivity contribution < 1.29 is 18.0 Å². The van der Waals surface area contributed by atoms with E-state index in [1.807, 2.05) is 34.9 Å². The first kappa shape index (κ1) is 20.7. The Hall–Kier alpha value is -3.20. The molecule has 0 unspecified atom stereocenters. The first-order valence-electron chi connectivity index (χ1n) is 10.6. The number of halogens is 3. The average Bonchev–Trinajstić information content (AvgIpc) is 3.37. The molecule has 0 spiro atoms. The van der Waals surface area contributed by atoms with Gasteiger partial charge in [-0.1, -0.05) is 30.3 Å². The minimum Gasteiger partial charge on any atom is -0.319 e. The molecule has 2 atom stereocenters. The predicted octanol–water partition coefficient (Wildman–Crippen LogP) is 4.17. The van der Waals surface area contributed by atoms with Gasteiger partial charge in [-0.2, -0.15) is 13.2 Å². The van der Waals surface area contributed by atoms with E-state index in [0.29, 0.717) is 30.5 Å². The Morgan fingerprint density at radius 1 is 1.03 bits per heavy atom. The molecule has 6 nitrogen and oxygen atoms in total. The molecule has 2 aromatic carbocycles. The lowest BCUT2D eigenvalue weighted by Gasteiger charge is -2.25. The summed E-state index contributed by atoms with van der Waals surface area (Å²) in [6.45, 7) is 2.85. The lowest BCUT2D eigenvalue weighted by molar-refractivity contribution is -0.137. The average molecular weight is 441 g/mol. The van der Waals surface area contributed by atoms with Gasteiger partial charge in [-0.15, -0.1) is 10.2 Å². The molecule has 1 saturated heterocycles. The Morgan fingerprint density at radius 3 is 2.50 bits per heavy atom. The minimum atomic E-state index is -4.32. The van der Waals surface area contributed by atoms with Gasteiger partial charge in [0, 0.05) is 37.8 Å². The Balaban J connectivity index is 1.28. The number of likely N-dealkylation sites (tertiary alicyclic amines) is 1. The van der Waals surface area contributed by atoms with E-state index in [9.17, 15) is 18.0 Å². The molecule has 32 heavy (non-hydrogen) atoms. The molecule has 0 radical (unpaired) electrons. The zero-order chi connectivity index (χ0) is 22.3.